The number of hydrogen-bond donors (Lipinski definition) is 2. The summed E-state index contributed by atoms with van der Waals surface area (Å²) in [7, 11) is 0. The lowest BCUT2D eigenvalue weighted by atomic mass is 10.3. The van der Waals surface area contributed by atoms with E-state index in [1.54, 1.807) is 11.3 Å². The van der Waals surface area contributed by atoms with Gasteiger partial charge in [0.25, 0.3) is 5.89 Å². The van der Waals surface area contributed by atoms with E-state index in [4.69, 9.17) is 16.0 Å². The molecule has 0 radical (unpaired) electrons. The quantitative estimate of drug-likeness (QED) is 0.555. The number of aromatic nitrogens is 4. The highest BCUT2D eigenvalue weighted by Gasteiger charge is 2.10. The van der Waals surface area contributed by atoms with Crippen LogP contribution in [0.2, 0.25) is 0 Å². The summed E-state index contributed by atoms with van der Waals surface area (Å²) in [5.41, 5.74) is 12.1. The van der Waals surface area contributed by atoms with Crippen molar-refractivity contribution in [3.05, 3.63) is 28.7 Å². The Morgan fingerprint density at radius 1 is 1.20 bits per heavy atom. The lowest BCUT2D eigenvalue weighted by Gasteiger charge is -2.00. The predicted molar refractivity (Wildman–Crippen MR) is 78.0 cm³/mol. The van der Waals surface area contributed by atoms with Crippen LogP contribution in [0.25, 0.3) is 11.5 Å². The van der Waals surface area contributed by atoms with Crippen LogP contribution in [-0.2, 0) is 5.75 Å². The summed E-state index contributed by atoms with van der Waals surface area (Å²) in [6.07, 6.45) is 0. The first-order chi connectivity index (χ1) is 9.70. The Labute approximate surface area is 122 Å². The first kappa shape index (κ1) is 12.9. The average Bonchev–Trinajstić information content (AvgIpc) is 3.06. The van der Waals surface area contributed by atoms with Crippen molar-refractivity contribution in [2.45, 2.75) is 10.9 Å². The van der Waals surface area contributed by atoms with Crippen LogP contribution >= 0.6 is 23.1 Å². The molecule has 3 rings (SSSR count). The summed E-state index contributed by atoms with van der Waals surface area (Å²) < 4.78 is 5.19. The Kier molecular flexibility index (Phi) is 3.52. The van der Waals surface area contributed by atoms with E-state index in [2.05, 4.69) is 20.1 Å². The first-order valence-electron chi connectivity index (χ1n) is 5.59. The molecular formula is C11H10N6OS2. The van der Waals surface area contributed by atoms with Crippen molar-refractivity contribution in [2.24, 2.45) is 0 Å². The number of nitrogen functional groups attached to an aromatic ring is 2. The minimum absolute atomic E-state index is 0.340. The molecule has 0 fully saturated rings. The standard InChI is InChI=1S/C11H10N6OS2/c12-7-3-8(13)15-11(14-7)20-5-9-16-10(18-17-9)6-1-2-19-4-6/h1-4H,5H2,(H4,12,13,14,15). The van der Waals surface area contributed by atoms with Crippen LogP contribution in [0.3, 0.4) is 0 Å². The molecule has 0 atom stereocenters. The lowest BCUT2D eigenvalue weighted by molar-refractivity contribution is 0.425. The molecule has 4 N–H and O–H groups in total. The zero-order chi connectivity index (χ0) is 13.9. The van der Waals surface area contributed by atoms with E-state index in [0.717, 1.165) is 5.56 Å². The second-order valence-corrected chi connectivity index (χ2v) is 5.54. The van der Waals surface area contributed by atoms with Gasteiger partial charge >= 0.3 is 0 Å². The van der Waals surface area contributed by atoms with Gasteiger partial charge in [0.1, 0.15) is 11.6 Å². The van der Waals surface area contributed by atoms with Crippen LogP contribution in [0.5, 0.6) is 0 Å². The van der Waals surface area contributed by atoms with Crippen molar-refractivity contribution in [3.8, 4) is 11.5 Å². The molecule has 3 heterocycles. The van der Waals surface area contributed by atoms with Crippen LogP contribution < -0.4 is 11.5 Å². The van der Waals surface area contributed by atoms with Gasteiger partial charge in [0.15, 0.2) is 11.0 Å². The van der Waals surface area contributed by atoms with Crippen LogP contribution in [0.4, 0.5) is 11.6 Å². The van der Waals surface area contributed by atoms with E-state index in [0.29, 0.717) is 34.3 Å². The minimum Gasteiger partial charge on any atom is -0.383 e. The number of rotatable bonds is 4. The van der Waals surface area contributed by atoms with E-state index in [-0.39, 0.29) is 0 Å². The lowest BCUT2D eigenvalue weighted by Crippen LogP contribution is -1.99. The Hall–Kier alpha value is -2.13. The first-order valence-corrected chi connectivity index (χ1v) is 7.51. The van der Waals surface area contributed by atoms with Crippen LogP contribution in [-0.4, -0.2) is 20.1 Å². The number of anilines is 2. The van der Waals surface area contributed by atoms with Crippen molar-refractivity contribution in [2.75, 3.05) is 11.5 Å². The fourth-order valence-corrected chi connectivity index (χ4v) is 2.82. The van der Waals surface area contributed by atoms with Crippen molar-refractivity contribution >= 4 is 34.7 Å². The van der Waals surface area contributed by atoms with E-state index >= 15 is 0 Å². The molecule has 3 aromatic heterocycles. The molecule has 9 heteroatoms. The van der Waals surface area contributed by atoms with Crippen LogP contribution in [0.1, 0.15) is 5.82 Å². The van der Waals surface area contributed by atoms with Crippen molar-refractivity contribution in [1.29, 1.82) is 0 Å². The Bertz CT molecular complexity index is 691. The van der Waals surface area contributed by atoms with Gasteiger partial charge in [-0.1, -0.05) is 16.9 Å². The minimum atomic E-state index is 0.340. The monoisotopic (exact) mass is 306 g/mol. The molecule has 7 nitrogen and oxygen atoms in total. The summed E-state index contributed by atoms with van der Waals surface area (Å²) in [5, 5.41) is 8.31. The predicted octanol–water partition coefficient (Wildman–Crippen LogP) is 2.04. The third kappa shape index (κ3) is 2.89. The summed E-state index contributed by atoms with van der Waals surface area (Å²) in [5.74, 6) is 2.24. The third-order valence-corrected chi connectivity index (χ3v) is 3.84. The van der Waals surface area contributed by atoms with Crippen LogP contribution in [0.15, 0.2) is 32.6 Å². The molecular weight excluding hydrogens is 296 g/mol. The maximum absolute atomic E-state index is 5.60. The van der Waals surface area contributed by atoms with E-state index in [9.17, 15) is 0 Å². The van der Waals surface area contributed by atoms with Crippen molar-refractivity contribution in [1.82, 2.24) is 20.1 Å². The number of thioether (sulfide) groups is 1. The Balaban J connectivity index is 1.69. The molecule has 0 bridgehead atoms. The second-order valence-electron chi connectivity index (χ2n) is 3.82. The average molecular weight is 306 g/mol. The highest BCUT2D eigenvalue weighted by atomic mass is 32.2. The van der Waals surface area contributed by atoms with Gasteiger partial charge in [-0.25, -0.2) is 9.97 Å². The molecule has 0 spiro atoms. The van der Waals surface area contributed by atoms with Gasteiger partial charge in [-0.15, -0.1) is 0 Å². The number of hydrogen-bond acceptors (Lipinski definition) is 9. The van der Waals surface area contributed by atoms with Gasteiger partial charge in [-0.2, -0.15) is 16.3 Å². The maximum Gasteiger partial charge on any atom is 0.258 e. The fraction of sp³-hybridized carbons (Fsp3) is 0.0909. The normalized spacial score (nSPS) is 10.8. The van der Waals surface area contributed by atoms with Gasteiger partial charge in [0.05, 0.1) is 11.3 Å². The van der Waals surface area contributed by atoms with Gasteiger partial charge in [0, 0.05) is 11.4 Å². The molecule has 0 aliphatic heterocycles. The van der Waals surface area contributed by atoms with Gasteiger partial charge in [-0.05, 0) is 11.4 Å². The molecule has 0 amide bonds. The summed E-state index contributed by atoms with van der Waals surface area (Å²) in [6.45, 7) is 0. The topological polar surface area (TPSA) is 117 Å². The highest BCUT2D eigenvalue weighted by Crippen LogP contribution is 2.23. The van der Waals surface area contributed by atoms with E-state index in [1.165, 1.54) is 17.8 Å². The molecule has 0 aliphatic rings. The number of nitrogens with zero attached hydrogens (tertiary/aromatic N) is 4. The summed E-state index contributed by atoms with van der Waals surface area (Å²) in [4.78, 5) is 12.4. The molecule has 20 heavy (non-hydrogen) atoms. The molecule has 102 valence electrons. The Morgan fingerprint density at radius 2 is 2.00 bits per heavy atom. The van der Waals surface area contributed by atoms with Crippen molar-refractivity contribution < 1.29 is 4.52 Å². The molecule has 0 unspecified atom stereocenters. The highest BCUT2D eigenvalue weighted by molar-refractivity contribution is 7.98. The third-order valence-electron chi connectivity index (χ3n) is 2.31. The van der Waals surface area contributed by atoms with E-state index in [1.807, 2.05) is 16.8 Å². The second kappa shape index (κ2) is 5.47. The fourth-order valence-electron chi connectivity index (χ4n) is 1.47. The van der Waals surface area contributed by atoms with Crippen LogP contribution in [0, 0.1) is 0 Å². The largest absolute Gasteiger partial charge is 0.383 e. The van der Waals surface area contributed by atoms with Gasteiger partial charge in [0.2, 0.25) is 0 Å². The maximum atomic E-state index is 5.60. The molecule has 3 aromatic rings. The van der Waals surface area contributed by atoms with E-state index < -0.39 is 0 Å². The Morgan fingerprint density at radius 3 is 2.70 bits per heavy atom. The summed E-state index contributed by atoms with van der Waals surface area (Å²) >= 11 is 2.92. The van der Waals surface area contributed by atoms with Crippen molar-refractivity contribution in [3.63, 3.8) is 0 Å². The molecule has 0 saturated carbocycles. The SMILES string of the molecule is Nc1cc(N)nc(SCc2noc(-c3ccsc3)n2)n1. The zero-order valence-corrected chi connectivity index (χ0v) is 11.8. The molecule has 0 saturated heterocycles. The van der Waals surface area contributed by atoms with Gasteiger partial charge in [-0.3, -0.25) is 0 Å². The number of thiophene rings is 1. The number of nitrogens with two attached hydrogens (primary N) is 2. The summed E-state index contributed by atoms with van der Waals surface area (Å²) in [6, 6.07) is 3.43. The zero-order valence-electron chi connectivity index (χ0n) is 10.2. The van der Waals surface area contributed by atoms with Gasteiger partial charge < -0.3 is 16.0 Å². The molecule has 0 aliphatic carbocycles. The smallest absolute Gasteiger partial charge is 0.258 e. The molecule has 0 aromatic carbocycles.